The monoisotopic (exact) mass is 361 g/mol. The van der Waals surface area contributed by atoms with E-state index in [1.54, 1.807) is 26.0 Å². The van der Waals surface area contributed by atoms with Gasteiger partial charge in [0.25, 0.3) is 5.92 Å². The molecule has 0 aliphatic rings. The molecule has 0 saturated heterocycles. The lowest BCUT2D eigenvalue weighted by atomic mass is 9.67. The normalized spacial score (nSPS) is 15.2. The fourth-order valence-electron chi connectivity index (χ4n) is 3.14. The Labute approximate surface area is 154 Å². The van der Waals surface area contributed by atoms with E-state index in [9.17, 15) is 13.2 Å². The van der Waals surface area contributed by atoms with Crippen LogP contribution in [0.3, 0.4) is 0 Å². The van der Waals surface area contributed by atoms with Crippen molar-refractivity contribution >= 4 is 0 Å². The SMILES string of the molecule is C=C(C)C(c1ccc(C(C)(F)F)cc1)C(C)(C)/C(C)=C(F)/C=C(\C)C#N. The minimum Gasteiger partial charge on any atom is -0.207 e. The number of hydrogen-bond acceptors (Lipinski definition) is 1. The Hall–Kier alpha value is -2.28. The van der Waals surface area contributed by atoms with Gasteiger partial charge in [0.05, 0.1) is 6.07 Å². The zero-order valence-electron chi connectivity index (χ0n) is 16.3. The van der Waals surface area contributed by atoms with Gasteiger partial charge in [0.1, 0.15) is 5.83 Å². The summed E-state index contributed by atoms with van der Waals surface area (Å²) in [5.74, 6) is -3.63. The van der Waals surface area contributed by atoms with Crippen LogP contribution in [-0.4, -0.2) is 0 Å². The number of allylic oxidation sites excluding steroid dienone is 5. The minimum atomic E-state index is -2.91. The van der Waals surface area contributed by atoms with E-state index >= 15 is 0 Å². The summed E-state index contributed by atoms with van der Waals surface area (Å²) in [7, 11) is 0. The first-order valence-corrected chi connectivity index (χ1v) is 8.41. The highest BCUT2D eigenvalue weighted by Crippen LogP contribution is 2.47. The first kappa shape index (κ1) is 21.8. The predicted octanol–water partition coefficient (Wildman–Crippen LogP) is 7.20. The van der Waals surface area contributed by atoms with Gasteiger partial charge in [-0.25, -0.2) is 13.2 Å². The van der Waals surface area contributed by atoms with E-state index in [-0.39, 0.29) is 17.1 Å². The Balaban J connectivity index is 3.43. The number of nitriles is 1. The highest BCUT2D eigenvalue weighted by Gasteiger charge is 2.35. The van der Waals surface area contributed by atoms with E-state index in [0.717, 1.165) is 18.1 Å². The van der Waals surface area contributed by atoms with Gasteiger partial charge in [-0.15, -0.1) is 0 Å². The van der Waals surface area contributed by atoms with E-state index < -0.39 is 17.2 Å². The number of rotatable bonds is 6. The lowest BCUT2D eigenvalue weighted by Crippen LogP contribution is -2.25. The first-order valence-electron chi connectivity index (χ1n) is 8.41. The fraction of sp³-hybridized carbons (Fsp3) is 0.409. The second-order valence-corrected chi connectivity index (χ2v) is 7.42. The fourth-order valence-corrected chi connectivity index (χ4v) is 3.14. The Morgan fingerprint density at radius 1 is 1.12 bits per heavy atom. The Bertz CT molecular complexity index is 769. The molecule has 0 fully saturated rings. The molecule has 0 aliphatic carbocycles. The van der Waals surface area contributed by atoms with Crippen LogP contribution in [0.5, 0.6) is 0 Å². The molecule has 0 saturated carbocycles. The van der Waals surface area contributed by atoms with Gasteiger partial charge in [-0.1, -0.05) is 50.3 Å². The Morgan fingerprint density at radius 2 is 1.62 bits per heavy atom. The third-order valence-corrected chi connectivity index (χ3v) is 4.81. The number of nitrogens with zero attached hydrogens (tertiary/aromatic N) is 1. The molecule has 0 aliphatic heterocycles. The molecule has 1 rings (SSSR count). The van der Waals surface area contributed by atoms with Crippen LogP contribution in [0.2, 0.25) is 0 Å². The summed E-state index contributed by atoms with van der Waals surface area (Å²) in [5, 5.41) is 8.85. The molecule has 0 amide bonds. The number of benzene rings is 1. The van der Waals surface area contributed by atoms with Gasteiger partial charge in [-0.05, 0) is 43.4 Å². The van der Waals surface area contributed by atoms with Crippen molar-refractivity contribution in [3.8, 4) is 6.07 Å². The number of alkyl halides is 2. The van der Waals surface area contributed by atoms with Crippen LogP contribution in [0.15, 0.2) is 59.5 Å². The summed E-state index contributed by atoms with van der Waals surface area (Å²) in [4.78, 5) is 0. The summed E-state index contributed by atoms with van der Waals surface area (Å²) >= 11 is 0. The molecule has 0 heterocycles. The molecule has 0 bridgehead atoms. The summed E-state index contributed by atoms with van der Waals surface area (Å²) in [6, 6.07) is 8.00. The van der Waals surface area contributed by atoms with E-state index in [0.29, 0.717) is 5.57 Å². The maximum Gasteiger partial charge on any atom is 0.270 e. The van der Waals surface area contributed by atoms with Crippen molar-refractivity contribution in [2.45, 2.75) is 53.4 Å². The Kier molecular flexibility index (Phi) is 6.65. The lowest BCUT2D eigenvalue weighted by Gasteiger charge is -2.37. The van der Waals surface area contributed by atoms with Crippen molar-refractivity contribution in [2.24, 2.45) is 5.41 Å². The largest absolute Gasteiger partial charge is 0.270 e. The maximum atomic E-state index is 14.6. The van der Waals surface area contributed by atoms with Crippen LogP contribution < -0.4 is 0 Å². The summed E-state index contributed by atoms with van der Waals surface area (Å²) < 4.78 is 41.5. The van der Waals surface area contributed by atoms with Crippen molar-refractivity contribution in [2.75, 3.05) is 0 Å². The minimum absolute atomic E-state index is 0.0643. The second kappa shape index (κ2) is 7.95. The van der Waals surface area contributed by atoms with E-state index in [4.69, 9.17) is 5.26 Å². The predicted molar refractivity (Wildman–Crippen MR) is 101 cm³/mol. The van der Waals surface area contributed by atoms with Gasteiger partial charge in [0, 0.05) is 24.0 Å². The van der Waals surface area contributed by atoms with Crippen molar-refractivity contribution in [1.82, 2.24) is 0 Å². The molecular weight excluding hydrogens is 335 g/mol. The summed E-state index contributed by atoms with van der Waals surface area (Å²) in [5.41, 5.74) is 1.63. The number of halogens is 3. The molecule has 0 radical (unpaired) electrons. The molecule has 4 heteroatoms. The zero-order chi connectivity index (χ0) is 20.3. The van der Waals surface area contributed by atoms with Gasteiger partial charge in [-0.2, -0.15) is 5.26 Å². The zero-order valence-corrected chi connectivity index (χ0v) is 16.3. The third kappa shape index (κ3) is 4.88. The van der Waals surface area contributed by atoms with Crippen LogP contribution in [0.4, 0.5) is 13.2 Å². The molecule has 0 spiro atoms. The van der Waals surface area contributed by atoms with Crippen molar-refractivity contribution in [3.63, 3.8) is 0 Å². The van der Waals surface area contributed by atoms with Gasteiger partial charge in [0.2, 0.25) is 0 Å². The highest BCUT2D eigenvalue weighted by molar-refractivity contribution is 5.39. The van der Waals surface area contributed by atoms with Gasteiger partial charge in [0.15, 0.2) is 0 Å². The molecule has 1 nitrogen and oxygen atoms in total. The second-order valence-electron chi connectivity index (χ2n) is 7.42. The van der Waals surface area contributed by atoms with Crippen molar-refractivity contribution in [1.29, 1.82) is 5.26 Å². The van der Waals surface area contributed by atoms with E-state index in [2.05, 4.69) is 6.58 Å². The van der Waals surface area contributed by atoms with Gasteiger partial charge in [-0.3, -0.25) is 0 Å². The first-order chi connectivity index (χ1) is 11.8. The molecule has 1 aromatic carbocycles. The molecule has 0 aromatic heterocycles. The molecule has 0 N–H and O–H groups in total. The molecular formula is C22H26F3N. The van der Waals surface area contributed by atoms with Crippen LogP contribution in [0.1, 0.15) is 58.6 Å². The average molecular weight is 361 g/mol. The molecule has 1 aromatic rings. The van der Waals surface area contributed by atoms with Gasteiger partial charge < -0.3 is 0 Å². The number of hydrogen-bond donors (Lipinski definition) is 0. The maximum absolute atomic E-state index is 14.6. The van der Waals surface area contributed by atoms with Crippen LogP contribution in [0.25, 0.3) is 0 Å². The van der Waals surface area contributed by atoms with Crippen molar-refractivity contribution < 1.29 is 13.2 Å². The quantitative estimate of drug-likeness (QED) is 0.299. The highest BCUT2D eigenvalue weighted by atomic mass is 19.3. The third-order valence-electron chi connectivity index (χ3n) is 4.81. The van der Waals surface area contributed by atoms with E-state index in [1.807, 2.05) is 26.8 Å². The summed E-state index contributed by atoms with van der Waals surface area (Å²) in [6.45, 7) is 13.7. The Morgan fingerprint density at radius 3 is 2.00 bits per heavy atom. The van der Waals surface area contributed by atoms with E-state index in [1.165, 1.54) is 18.2 Å². The topological polar surface area (TPSA) is 23.8 Å². The van der Waals surface area contributed by atoms with Gasteiger partial charge >= 0.3 is 0 Å². The smallest absolute Gasteiger partial charge is 0.207 e. The molecule has 1 atom stereocenters. The standard InChI is InChI=1S/C22H26F3N/c1-14(2)20(17-8-10-18(11-9-17)22(7,24)25)21(5,6)16(4)19(23)12-15(3)13-26/h8-12,20H,1H2,2-7H3/b15-12+,19-16-. The van der Waals surface area contributed by atoms with Crippen LogP contribution >= 0.6 is 0 Å². The van der Waals surface area contributed by atoms with Crippen molar-refractivity contribution in [3.05, 3.63) is 70.6 Å². The van der Waals surface area contributed by atoms with Crippen LogP contribution in [0, 0.1) is 16.7 Å². The molecule has 26 heavy (non-hydrogen) atoms. The lowest BCUT2D eigenvalue weighted by molar-refractivity contribution is 0.0174. The summed E-state index contributed by atoms with van der Waals surface area (Å²) in [6.07, 6.45) is 1.22. The average Bonchev–Trinajstić information content (AvgIpc) is 2.52. The molecule has 1 unspecified atom stereocenters. The molecule has 140 valence electrons. The van der Waals surface area contributed by atoms with Crippen LogP contribution in [-0.2, 0) is 5.92 Å².